The molecule has 0 bridgehead atoms. The van der Waals surface area contributed by atoms with Crippen molar-refractivity contribution in [1.29, 1.82) is 0 Å². The van der Waals surface area contributed by atoms with E-state index in [4.69, 9.17) is 21.4 Å². The molecule has 3 aromatic rings. The highest BCUT2D eigenvalue weighted by Gasteiger charge is 2.51. The van der Waals surface area contributed by atoms with E-state index >= 15 is 0 Å². The van der Waals surface area contributed by atoms with Crippen LogP contribution >= 0.6 is 11.6 Å². The van der Waals surface area contributed by atoms with Gasteiger partial charge in [0, 0.05) is 12.8 Å². The summed E-state index contributed by atoms with van der Waals surface area (Å²) in [5.41, 5.74) is 3.68. The zero-order chi connectivity index (χ0) is 29.0. The van der Waals surface area contributed by atoms with E-state index in [0.717, 1.165) is 16.7 Å². The summed E-state index contributed by atoms with van der Waals surface area (Å²) in [6, 6.07) is 22.3. The number of amides is 1. The number of aliphatic carboxylic acids is 1. The summed E-state index contributed by atoms with van der Waals surface area (Å²) >= 11 is 6.82. The van der Waals surface area contributed by atoms with Gasteiger partial charge in [-0.05, 0) is 46.5 Å². The normalized spacial score (nSPS) is 19.8. The number of para-hydroxylation sites is 1. The molecular formula is C31H29ClN2O6S. The van der Waals surface area contributed by atoms with Crippen molar-refractivity contribution in [2.45, 2.75) is 29.5 Å². The first-order valence-electron chi connectivity index (χ1n) is 13.1. The molecule has 2 aliphatic rings. The van der Waals surface area contributed by atoms with Crippen molar-refractivity contribution in [2.24, 2.45) is 0 Å². The molecule has 212 valence electrons. The molecule has 0 spiro atoms. The van der Waals surface area contributed by atoms with E-state index in [9.17, 15) is 18.0 Å². The summed E-state index contributed by atoms with van der Waals surface area (Å²) in [6.07, 6.45) is 5.20. The number of alkyl halides is 1. The molecular weight excluding hydrogens is 564 g/mol. The van der Waals surface area contributed by atoms with Crippen LogP contribution in [0.25, 0.3) is 5.57 Å². The number of allylic oxidation sites excluding steroid dienone is 3. The summed E-state index contributed by atoms with van der Waals surface area (Å²) in [5.74, 6) is -0.841. The number of nitrogens with one attached hydrogen (secondary N) is 1. The van der Waals surface area contributed by atoms with Crippen molar-refractivity contribution < 1.29 is 27.9 Å². The Bertz CT molecular complexity index is 1610. The van der Waals surface area contributed by atoms with Gasteiger partial charge < -0.3 is 15.2 Å². The molecule has 1 heterocycles. The average molecular weight is 593 g/mol. The van der Waals surface area contributed by atoms with Gasteiger partial charge >= 0.3 is 5.97 Å². The van der Waals surface area contributed by atoms with E-state index in [2.05, 4.69) is 5.32 Å². The Morgan fingerprint density at radius 1 is 1.02 bits per heavy atom. The van der Waals surface area contributed by atoms with Crippen molar-refractivity contribution in [3.63, 3.8) is 0 Å². The Morgan fingerprint density at radius 3 is 2.41 bits per heavy atom. The molecule has 0 aromatic heterocycles. The number of fused-ring (bicyclic) bond motifs is 1. The first-order chi connectivity index (χ1) is 19.7. The number of carboxylic acids is 1. The number of carbonyl (C=O) groups excluding carboxylic acids is 1. The molecule has 0 radical (unpaired) electrons. The van der Waals surface area contributed by atoms with Gasteiger partial charge in [-0.15, -0.1) is 0 Å². The third-order valence-corrected chi connectivity index (χ3v) is 10.1. The van der Waals surface area contributed by atoms with Gasteiger partial charge in [0.2, 0.25) is 5.91 Å². The molecule has 0 saturated carbocycles. The van der Waals surface area contributed by atoms with Crippen LogP contribution in [-0.2, 0) is 32.5 Å². The molecule has 3 aromatic carbocycles. The van der Waals surface area contributed by atoms with Crippen LogP contribution < -0.4 is 14.4 Å². The van der Waals surface area contributed by atoms with Crippen LogP contribution in [0.5, 0.6) is 5.75 Å². The van der Waals surface area contributed by atoms with Crippen LogP contribution in [0.3, 0.4) is 0 Å². The Morgan fingerprint density at radius 2 is 1.73 bits per heavy atom. The molecule has 41 heavy (non-hydrogen) atoms. The number of hydrogen-bond acceptors (Lipinski definition) is 5. The van der Waals surface area contributed by atoms with Crippen LogP contribution in [-0.4, -0.2) is 48.8 Å². The fourth-order valence-corrected chi connectivity index (χ4v) is 7.16. The van der Waals surface area contributed by atoms with Crippen LogP contribution in [0.1, 0.15) is 23.1 Å². The molecule has 8 nitrogen and oxygen atoms in total. The fourth-order valence-electron chi connectivity index (χ4n) is 4.99. The average Bonchev–Trinajstić information content (AvgIpc) is 3.37. The SMILES string of the molecule is O=C(O)Cc1ccc(OCCNC(=O)[C@@H]2Cc3ccccc3N2S(=O)(=O)C2(Cl)C=CC(c3ccccc3)=CC2)cc1. The minimum Gasteiger partial charge on any atom is -0.492 e. The number of carbonyl (C=O) groups is 2. The van der Waals surface area contributed by atoms with Gasteiger partial charge in [-0.3, -0.25) is 13.9 Å². The summed E-state index contributed by atoms with van der Waals surface area (Å²) in [5, 5.41) is 11.7. The highest BCUT2D eigenvalue weighted by Crippen LogP contribution is 2.43. The standard InChI is InChI=1S/C31H29ClN2O6S/c32-31(16-14-24(15-17-31)23-6-2-1-3-7-23)41(38,39)34-27-9-5-4-8-25(27)21-28(34)30(37)33-18-19-40-26-12-10-22(11-13-26)20-29(35)36/h1-16,28H,17-21H2,(H,33,37)(H,35,36)/t28-,31?/m0/s1. The molecule has 1 aliphatic heterocycles. The molecule has 10 heteroatoms. The Kier molecular flexibility index (Phi) is 8.19. The number of rotatable bonds is 10. The highest BCUT2D eigenvalue weighted by atomic mass is 35.5. The monoisotopic (exact) mass is 592 g/mol. The van der Waals surface area contributed by atoms with E-state index < -0.39 is 32.1 Å². The number of carboxylic acid groups (broad SMARTS) is 1. The highest BCUT2D eigenvalue weighted by molar-refractivity contribution is 7.95. The van der Waals surface area contributed by atoms with E-state index in [0.29, 0.717) is 17.0 Å². The van der Waals surface area contributed by atoms with Crippen molar-refractivity contribution >= 4 is 44.8 Å². The molecule has 0 fully saturated rings. The number of benzene rings is 3. The molecule has 1 aliphatic carbocycles. The summed E-state index contributed by atoms with van der Waals surface area (Å²) in [7, 11) is -4.23. The van der Waals surface area contributed by atoms with E-state index in [-0.39, 0.29) is 32.4 Å². The third kappa shape index (κ3) is 6.01. The number of nitrogens with zero attached hydrogens (tertiary/aromatic N) is 1. The molecule has 0 saturated heterocycles. The number of sulfonamides is 1. The minimum absolute atomic E-state index is 0.0454. The maximum absolute atomic E-state index is 14.1. The van der Waals surface area contributed by atoms with Crippen molar-refractivity contribution in [2.75, 3.05) is 17.5 Å². The van der Waals surface area contributed by atoms with Crippen LogP contribution in [0.4, 0.5) is 5.69 Å². The summed E-state index contributed by atoms with van der Waals surface area (Å²) in [4.78, 5) is 24.2. The predicted octanol–water partition coefficient (Wildman–Crippen LogP) is 4.55. The maximum Gasteiger partial charge on any atom is 0.307 e. The van der Waals surface area contributed by atoms with Gasteiger partial charge in [-0.25, -0.2) is 8.42 Å². The van der Waals surface area contributed by atoms with E-state index in [1.807, 2.05) is 48.5 Å². The van der Waals surface area contributed by atoms with Crippen molar-refractivity contribution in [3.05, 3.63) is 114 Å². The van der Waals surface area contributed by atoms with E-state index in [1.54, 1.807) is 42.5 Å². The van der Waals surface area contributed by atoms with Crippen LogP contribution in [0, 0.1) is 0 Å². The lowest BCUT2D eigenvalue weighted by molar-refractivity contribution is -0.136. The lowest BCUT2D eigenvalue weighted by Crippen LogP contribution is -2.53. The zero-order valence-corrected chi connectivity index (χ0v) is 23.6. The summed E-state index contributed by atoms with van der Waals surface area (Å²) < 4.78 is 33.3. The molecule has 5 rings (SSSR count). The summed E-state index contributed by atoms with van der Waals surface area (Å²) in [6.45, 7) is 0.289. The fraction of sp³-hybridized carbons (Fsp3) is 0.226. The zero-order valence-electron chi connectivity index (χ0n) is 22.1. The largest absolute Gasteiger partial charge is 0.492 e. The van der Waals surface area contributed by atoms with E-state index in [1.165, 1.54) is 10.4 Å². The van der Waals surface area contributed by atoms with Gasteiger partial charge in [-0.2, -0.15) is 0 Å². The number of anilines is 1. The number of hydrogen-bond donors (Lipinski definition) is 2. The van der Waals surface area contributed by atoms with Gasteiger partial charge in [0.25, 0.3) is 10.0 Å². The molecule has 1 amide bonds. The predicted molar refractivity (Wildman–Crippen MR) is 158 cm³/mol. The molecule has 1 unspecified atom stereocenters. The topological polar surface area (TPSA) is 113 Å². The Balaban J connectivity index is 1.27. The lowest BCUT2D eigenvalue weighted by Gasteiger charge is -2.34. The number of ether oxygens (including phenoxy) is 1. The minimum atomic E-state index is -4.23. The smallest absolute Gasteiger partial charge is 0.307 e. The molecule has 2 N–H and O–H groups in total. The Labute approximate surface area is 244 Å². The second-order valence-electron chi connectivity index (χ2n) is 9.85. The van der Waals surface area contributed by atoms with Crippen LogP contribution in [0.15, 0.2) is 97.1 Å². The van der Waals surface area contributed by atoms with Crippen molar-refractivity contribution in [3.8, 4) is 5.75 Å². The van der Waals surface area contributed by atoms with Gasteiger partial charge in [0.05, 0.1) is 18.7 Å². The second-order valence-corrected chi connectivity index (χ2v) is 12.8. The number of halogens is 1. The first-order valence-corrected chi connectivity index (χ1v) is 15.0. The van der Waals surface area contributed by atoms with Crippen LogP contribution in [0.2, 0.25) is 0 Å². The third-order valence-electron chi connectivity index (χ3n) is 7.08. The molecule has 2 atom stereocenters. The lowest BCUT2D eigenvalue weighted by atomic mass is 9.99. The van der Waals surface area contributed by atoms with Gasteiger partial charge in [0.15, 0.2) is 4.21 Å². The Hall–Kier alpha value is -4.08. The first kappa shape index (κ1) is 28.4. The van der Waals surface area contributed by atoms with Gasteiger partial charge in [0.1, 0.15) is 18.4 Å². The maximum atomic E-state index is 14.1. The second kappa shape index (κ2) is 11.8. The van der Waals surface area contributed by atoms with Crippen molar-refractivity contribution in [1.82, 2.24) is 5.32 Å². The quantitative estimate of drug-likeness (QED) is 0.264. The van der Waals surface area contributed by atoms with Gasteiger partial charge in [-0.1, -0.05) is 84.4 Å².